The van der Waals surface area contributed by atoms with E-state index < -0.39 is 0 Å². The second kappa shape index (κ2) is 9.01. The lowest BCUT2D eigenvalue weighted by Crippen LogP contribution is -2.25. The Labute approximate surface area is 149 Å². The maximum absolute atomic E-state index is 12.0. The van der Waals surface area contributed by atoms with Crippen LogP contribution in [-0.4, -0.2) is 35.5 Å². The lowest BCUT2D eigenvalue weighted by atomic mass is 10.1. The number of hydrogen-bond donors (Lipinski definition) is 2. The van der Waals surface area contributed by atoms with Gasteiger partial charge >= 0.3 is 0 Å². The average Bonchev–Trinajstić information content (AvgIpc) is 2.63. The van der Waals surface area contributed by atoms with Crippen molar-refractivity contribution < 1.29 is 4.79 Å². The molecule has 1 amide bonds. The van der Waals surface area contributed by atoms with Crippen molar-refractivity contribution >= 4 is 23.1 Å². The summed E-state index contributed by atoms with van der Waals surface area (Å²) in [6.45, 7) is 11.0. The first kappa shape index (κ1) is 18.7. The van der Waals surface area contributed by atoms with Crippen LogP contribution in [0.1, 0.15) is 43.2 Å². The summed E-state index contributed by atoms with van der Waals surface area (Å²) in [5.74, 6) is 0.427. The number of rotatable bonds is 8. The monoisotopic (exact) mass is 341 g/mol. The molecule has 6 heteroatoms. The fourth-order valence-electron chi connectivity index (χ4n) is 2.59. The van der Waals surface area contributed by atoms with Crippen LogP contribution >= 0.6 is 0 Å². The maximum atomic E-state index is 12.0. The quantitative estimate of drug-likeness (QED) is 0.769. The molecule has 6 nitrogen and oxygen atoms in total. The van der Waals surface area contributed by atoms with E-state index in [9.17, 15) is 4.79 Å². The van der Waals surface area contributed by atoms with E-state index >= 15 is 0 Å². The van der Waals surface area contributed by atoms with Crippen LogP contribution in [0.25, 0.3) is 0 Å². The first-order chi connectivity index (χ1) is 12.1. The van der Waals surface area contributed by atoms with Crippen LogP contribution in [0.3, 0.4) is 0 Å². The minimum atomic E-state index is -0.180. The summed E-state index contributed by atoms with van der Waals surface area (Å²) in [6, 6.07) is 7.97. The molecule has 134 valence electrons. The molecule has 0 aliphatic carbocycles. The topological polar surface area (TPSA) is 70.2 Å². The summed E-state index contributed by atoms with van der Waals surface area (Å²) in [5, 5.41) is 6.10. The number of carbonyl (C=O) groups is 1. The molecule has 25 heavy (non-hydrogen) atoms. The molecule has 0 aliphatic rings. The molecule has 0 unspecified atom stereocenters. The van der Waals surface area contributed by atoms with Gasteiger partial charge in [0, 0.05) is 37.1 Å². The van der Waals surface area contributed by atoms with E-state index in [0.29, 0.717) is 18.1 Å². The molecule has 0 radical (unpaired) electrons. The second-order valence-electron chi connectivity index (χ2n) is 5.84. The predicted octanol–water partition coefficient (Wildman–Crippen LogP) is 3.51. The van der Waals surface area contributed by atoms with E-state index in [4.69, 9.17) is 0 Å². The van der Waals surface area contributed by atoms with Crippen LogP contribution in [0.5, 0.6) is 0 Å². The van der Waals surface area contributed by atoms with Crippen LogP contribution in [-0.2, 0) is 0 Å². The number of aryl methyl sites for hydroxylation is 1. The number of carbonyl (C=O) groups excluding carboxylic acids is 1. The minimum Gasteiger partial charge on any atom is -0.372 e. The van der Waals surface area contributed by atoms with Gasteiger partial charge in [-0.05, 0) is 51.0 Å². The Kier molecular flexibility index (Phi) is 6.74. The molecule has 2 rings (SSSR count). The SMILES string of the molecule is CCCNC(=O)c1cc(Nc2ccc(N(CC)CC)cc2C)ncn1. The zero-order valence-corrected chi connectivity index (χ0v) is 15.5. The average molecular weight is 341 g/mol. The number of amides is 1. The number of anilines is 3. The Morgan fingerprint density at radius 3 is 2.52 bits per heavy atom. The first-order valence-electron chi connectivity index (χ1n) is 8.81. The lowest BCUT2D eigenvalue weighted by molar-refractivity contribution is 0.0948. The molecule has 1 aromatic heterocycles. The molecule has 0 atom stereocenters. The number of nitrogens with zero attached hydrogens (tertiary/aromatic N) is 3. The van der Waals surface area contributed by atoms with Gasteiger partial charge < -0.3 is 15.5 Å². The molecule has 2 N–H and O–H groups in total. The van der Waals surface area contributed by atoms with Gasteiger partial charge in [0.15, 0.2) is 0 Å². The number of aromatic nitrogens is 2. The van der Waals surface area contributed by atoms with Crippen molar-refractivity contribution in [3.05, 3.63) is 41.9 Å². The molecule has 2 aromatic rings. The van der Waals surface area contributed by atoms with Gasteiger partial charge in [0.05, 0.1) is 0 Å². The summed E-state index contributed by atoms with van der Waals surface area (Å²) >= 11 is 0. The summed E-state index contributed by atoms with van der Waals surface area (Å²) in [4.78, 5) is 22.6. The van der Waals surface area contributed by atoms with E-state index in [1.165, 1.54) is 12.0 Å². The molecule has 0 saturated heterocycles. The molecular weight excluding hydrogens is 314 g/mol. The van der Waals surface area contributed by atoms with Crippen molar-refractivity contribution in [1.29, 1.82) is 0 Å². The van der Waals surface area contributed by atoms with E-state index in [1.54, 1.807) is 6.07 Å². The van der Waals surface area contributed by atoms with E-state index in [0.717, 1.165) is 30.8 Å². The van der Waals surface area contributed by atoms with Crippen molar-refractivity contribution in [3.8, 4) is 0 Å². The molecule has 0 bridgehead atoms. The Morgan fingerprint density at radius 1 is 1.12 bits per heavy atom. The Balaban J connectivity index is 2.15. The van der Waals surface area contributed by atoms with E-state index in [1.807, 2.05) is 13.0 Å². The predicted molar refractivity (Wildman–Crippen MR) is 103 cm³/mol. The zero-order valence-electron chi connectivity index (χ0n) is 15.5. The molecule has 0 saturated carbocycles. The van der Waals surface area contributed by atoms with Crippen LogP contribution in [0.15, 0.2) is 30.6 Å². The van der Waals surface area contributed by atoms with Gasteiger partial charge in [-0.25, -0.2) is 9.97 Å². The second-order valence-corrected chi connectivity index (χ2v) is 5.84. The van der Waals surface area contributed by atoms with E-state index in [2.05, 4.69) is 58.4 Å². The van der Waals surface area contributed by atoms with Crippen LogP contribution in [0, 0.1) is 6.92 Å². The molecule has 0 aliphatic heterocycles. The summed E-state index contributed by atoms with van der Waals surface area (Å²) in [7, 11) is 0. The summed E-state index contributed by atoms with van der Waals surface area (Å²) < 4.78 is 0. The van der Waals surface area contributed by atoms with Gasteiger partial charge in [-0.3, -0.25) is 4.79 Å². The first-order valence-corrected chi connectivity index (χ1v) is 8.81. The van der Waals surface area contributed by atoms with Gasteiger partial charge in [0.1, 0.15) is 17.8 Å². The van der Waals surface area contributed by atoms with Gasteiger partial charge in [0.2, 0.25) is 0 Å². The van der Waals surface area contributed by atoms with Gasteiger partial charge in [-0.15, -0.1) is 0 Å². The molecule has 1 heterocycles. The number of nitrogens with one attached hydrogen (secondary N) is 2. The summed E-state index contributed by atoms with van der Waals surface area (Å²) in [6.07, 6.45) is 2.29. The van der Waals surface area contributed by atoms with Crippen LogP contribution in [0.4, 0.5) is 17.2 Å². The van der Waals surface area contributed by atoms with Crippen LogP contribution in [0.2, 0.25) is 0 Å². The smallest absolute Gasteiger partial charge is 0.270 e. The molecule has 0 spiro atoms. The standard InChI is InChI=1S/C19H27N5O/c1-5-10-20-19(25)17-12-18(22-13-21-17)23-16-9-8-15(11-14(16)4)24(6-2)7-3/h8-9,11-13H,5-7,10H2,1-4H3,(H,20,25)(H,21,22,23). The molecular formula is C19H27N5O. The fourth-order valence-corrected chi connectivity index (χ4v) is 2.59. The van der Waals surface area contributed by atoms with Gasteiger partial charge in [-0.1, -0.05) is 6.92 Å². The van der Waals surface area contributed by atoms with Crippen molar-refractivity contribution in [1.82, 2.24) is 15.3 Å². The largest absolute Gasteiger partial charge is 0.372 e. The molecule has 0 fully saturated rings. The van der Waals surface area contributed by atoms with Crippen molar-refractivity contribution in [2.24, 2.45) is 0 Å². The normalized spacial score (nSPS) is 10.4. The highest BCUT2D eigenvalue weighted by atomic mass is 16.1. The summed E-state index contributed by atoms with van der Waals surface area (Å²) in [5.41, 5.74) is 3.66. The van der Waals surface area contributed by atoms with Crippen molar-refractivity contribution in [2.45, 2.75) is 34.1 Å². The highest BCUT2D eigenvalue weighted by Crippen LogP contribution is 2.25. The van der Waals surface area contributed by atoms with Crippen LogP contribution < -0.4 is 15.5 Å². The molecule has 1 aromatic carbocycles. The van der Waals surface area contributed by atoms with Crippen molar-refractivity contribution in [2.75, 3.05) is 29.9 Å². The minimum absolute atomic E-state index is 0.180. The number of hydrogen-bond acceptors (Lipinski definition) is 5. The van der Waals surface area contributed by atoms with Gasteiger partial charge in [0.25, 0.3) is 5.91 Å². The fraction of sp³-hybridized carbons (Fsp3) is 0.421. The highest BCUT2D eigenvalue weighted by molar-refractivity contribution is 5.93. The lowest BCUT2D eigenvalue weighted by Gasteiger charge is -2.22. The third-order valence-electron chi connectivity index (χ3n) is 4.04. The third kappa shape index (κ3) is 4.92. The zero-order chi connectivity index (χ0) is 18.2. The highest BCUT2D eigenvalue weighted by Gasteiger charge is 2.09. The van der Waals surface area contributed by atoms with E-state index in [-0.39, 0.29) is 5.91 Å². The Hall–Kier alpha value is -2.63. The Bertz CT molecular complexity index is 713. The van der Waals surface area contributed by atoms with Gasteiger partial charge in [-0.2, -0.15) is 0 Å². The number of benzene rings is 1. The Morgan fingerprint density at radius 2 is 1.88 bits per heavy atom. The van der Waals surface area contributed by atoms with Crippen molar-refractivity contribution in [3.63, 3.8) is 0 Å². The maximum Gasteiger partial charge on any atom is 0.270 e. The third-order valence-corrected chi connectivity index (χ3v) is 4.04.